The van der Waals surface area contributed by atoms with Crippen LogP contribution in [0.1, 0.15) is 16.3 Å². The number of aromatic nitrogens is 1. The number of carbonyl (C=O) groups is 1. The molecule has 1 aromatic carbocycles. The molecule has 6 heteroatoms. The number of fused-ring (bicyclic) bond motifs is 1. The van der Waals surface area contributed by atoms with Gasteiger partial charge in [-0.15, -0.1) is 11.3 Å². The largest absolute Gasteiger partial charge is 0.488 e. The van der Waals surface area contributed by atoms with Gasteiger partial charge >= 0.3 is 6.03 Å². The minimum Gasteiger partial charge on any atom is -0.488 e. The molecule has 2 N–H and O–H groups in total. The molecule has 5 nitrogen and oxygen atoms in total. The molecule has 0 aliphatic carbocycles. The second-order valence-electron chi connectivity index (χ2n) is 5.30. The normalized spacial score (nSPS) is 16.0. The fourth-order valence-corrected chi connectivity index (χ4v) is 3.11. The van der Waals surface area contributed by atoms with E-state index < -0.39 is 0 Å². The zero-order chi connectivity index (χ0) is 15.4. The molecule has 1 aromatic heterocycles. The van der Waals surface area contributed by atoms with Gasteiger partial charge in [0.25, 0.3) is 0 Å². The number of ether oxygens (including phenoxy) is 1. The number of hydrogen-bond donors (Lipinski definition) is 2. The molecule has 0 radical (unpaired) electrons. The van der Waals surface area contributed by atoms with Crippen molar-refractivity contribution < 1.29 is 9.53 Å². The molecular formula is C16H19N3O2S. The lowest BCUT2D eigenvalue weighted by molar-refractivity contribution is 0.214. The minimum atomic E-state index is -0.161. The molecule has 22 heavy (non-hydrogen) atoms. The summed E-state index contributed by atoms with van der Waals surface area (Å²) in [4.78, 5) is 16.1. The van der Waals surface area contributed by atoms with Crippen molar-refractivity contribution in [3.05, 3.63) is 45.9 Å². The first-order valence-corrected chi connectivity index (χ1v) is 8.26. The van der Waals surface area contributed by atoms with Gasteiger partial charge in [0.05, 0.1) is 17.2 Å². The quantitative estimate of drug-likeness (QED) is 0.889. The van der Waals surface area contributed by atoms with E-state index in [0.29, 0.717) is 13.1 Å². The number of hydrogen-bond acceptors (Lipinski definition) is 4. The van der Waals surface area contributed by atoms with Crippen molar-refractivity contribution in [2.45, 2.75) is 25.9 Å². The molecule has 0 fully saturated rings. The maximum Gasteiger partial charge on any atom is 0.314 e. The summed E-state index contributed by atoms with van der Waals surface area (Å²) >= 11 is 1.63. The Morgan fingerprint density at radius 3 is 3.05 bits per heavy atom. The smallest absolute Gasteiger partial charge is 0.314 e. The first kappa shape index (κ1) is 14.8. The summed E-state index contributed by atoms with van der Waals surface area (Å²) in [6.45, 7) is 3.07. The Kier molecular flexibility index (Phi) is 4.58. The van der Waals surface area contributed by atoms with Crippen LogP contribution < -0.4 is 15.4 Å². The fourth-order valence-electron chi connectivity index (χ4n) is 2.46. The molecule has 2 amide bonds. The van der Waals surface area contributed by atoms with Gasteiger partial charge < -0.3 is 15.4 Å². The van der Waals surface area contributed by atoms with E-state index in [1.165, 1.54) is 5.56 Å². The average molecular weight is 317 g/mol. The van der Waals surface area contributed by atoms with Gasteiger partial charge in [-0.25, -0.2) is 9.78 Å². The number of amides is 2. The third-order valence-corrected chi connectivity index (χ3v) is 4.36. The summed E-state index contributed by atoms with van der Waals surface area (Å²) in [5, 5.41) is 8.78. The van der Waals surface area contributed by atoms with Gasteiger partial charge in [-0.3, -0.25) is 0 Å². The summed E-state index contributed by atoms with van der Waals surface area (Å²) in [7, 11) is 0. The van der Waals surface area contributed by atoms with Crippen LogP contribution in [0, 0.1) is 6.92 Å². The van der Waals surface area contributed by atoms with E-state index in [1.807, 2.05) is 30.5 Å². The summed E-state index contributed by atoms with van der Waals surface area (Å²) in [5.74, 6) is 0.925. The predicted octanol–water partition coefficient (Wildman–Crippen LogP) is 2.30. The molecule has 2 heterocycles. The molecule has 2 aromatic rings. The van der Waals surface area contributed by atoms with E-state index in [-0.39, 0.29) is 12.1 Å². The lowest BCUT2D eigenvalue weighted by atomic mass is 10.1. The van der Waals surface area contributed by atoms with E-state index in [0.717, 1.165) is 29.3 Å². The monoisotopic (exact) mass is 317 g/mol. The van der Waals surface area contributed by atoms with Crippen molar-refractivity contribution in [2.24, 2.45) is 0 Å². The first-order chi connectivity index (χ1) is 10.7. The highest BCUT2D eigenvalue weighted by atomic mass is 32.1. The van der Waals surface area contributed by atoms with E-state index >= 15 is 0 Å². The van der Waals surface area contributed by atoms with Crippen molar-refractivity contribution in [3.63, 3.8) is 0 Å². The second-order valence-corrected chi connectivity index (χ2v) is 6.36. The topological polar surface area (TPSA) is 63.2 Å². The SMILES string of the molecule is Cc1nc(CCNC(=O)NCC2Cc3ccccc3O2)cs1. The van der Waals surface area contributed by atoms with Crippen molar-refractivity contribution in [1.82, 2.24) is 15.6 Å². The molecule has 116 valence electrons. The third-order valence-electron chi connectivity index (χ3n) is 3.54. The van der Waals surface area contributed by atoms with Crippen LogP contribution in [0.3, 0.4) is 0 Å². The lowest BCUT2D eigenvalue weighted by Crippen LogP contribution is -2.41. The van der Waals surface area contributed by atoms with Crippen LogP contribution >= 0.6 is 11.3 Å². The van der Waals surface area contributed by atoms with E-state index in [4.69, 9.17) is 4.74 Å². The maximum absolute atomic E-state index is 11.8. The number of benzene rings is 1. The summed E-state index contributed by atoms with van der Waals surface area (Å²) in [6.07, 6.45) is 1.61. The highest BCUT2D eigenvalue weighted by Gasteiger charge is 2.22. The Labute approximate surface area is 133 Å². The predicted molar refractivity (Wildman–Crippen MR) is 86.5 cm³/mol. The van der Waals surface area contributed by atoms with Gasteiger partial charge in [-0.05, 0) is 18.6 Å². The van der Waals surface area contributed by atoms with Crippen LogP contribution in [0.2, 0.25) is 0 Å². The van der Waals surface area contributed by atoms with Gasteiger partial charge in [0, 0.05) is 24.8 Å². The molecule has 3 rings (SSSR count). The number of rotatable bonds is 5. The molecule has 0 saturated heterocycles. The van der Waals surface area contributed by atoms with Gasteiger partial charge in [-0.1, -0.05) is 18.2 Å². The number of carbonyl (C=O) groups excluding carboxylic acids is 1. The summed E-state index contributed by atoms with van der Waals surface area (Å²) in [5.41, 5.74) is 2.23. The van der Waals surface area contributed by atoms with Gasteiger partial charge in [0.1, 0.15) is 11.9 Å². The number of aryl methyl sites for hydroxylation is 1. The van der Waals surface area contributed by atoms with Crippen molar-refractivity contribution in [3.8, 4) is 5.75 Å². The highest BCUT2D eigenvalue weighted by molar-refractivity contribution is 7.09. The highest BCUT2D eigenvalue weighted by Crippen LogP contribution is 2.27. The number of urea groups is 1. The van der Waals surface area contributed by atoms with Crippen molar-refractivity contribution in [2.75, 3.05) is 13.1 Å². The Morgan fingerprint density at radius 1 is 1.41 bits per heavy atom. The molecule has 1 unspecified atom stereocenters. The molecule has 1 aliphatic rings. The average Bonchev–Trinajstić information content (AvgIpc) is 3.11. The molecule has 0 saturated carbocycles. The van der Waals surface area contributed by atoms with Gasteiger partial charge in [-0.2, -0.15) is 0 Å². The van der Waals surface area contributed by atoms with Crippen LogP contribution in [0.15, 0.2) is 29.6 Å². The Balaban J connectivity index is 1.35. The molecular weight excluding hydrogens is 298 g/mol. The second kappa shape index (κ2) is 6.79. The van der Waals surface area contributed by atoms with Crippen LogP contribution in [0.5, 0.6) is 5.75 Å². The lowest BCUT2D eigenvalue weighted by Gasteiger charge is -2.12. The van der Waals surface area contributed by atoms with Crippen LogP contribution in [-0.4, -0.2) is 30.2 Å². The molecule has 0 bridgehead atoms. The van der Waals surface area contributed by atoms with E-state index in [2.05, 4.69) is 21.7 Å². The van der Waals surface area contributed by atoms with Crippen molar-refractivity contribution >= 4 is 17.4 Å². The fraction of sp³-hybridized carbons (Fsp3) is 0.375. The Hall–Kier alpha value is -2.08. The summed E-state index contributed by atoms with van der Waals surface area (Å²) in [6, 6.07) is 7.83. The number of para-hydroxylation sites is 1. The standard InChI is InChI=1S/C16H19N3O2S/c1-11-19-13(10-22-11)6-7-17-16(20)18-9-14-8-12-4-2-3-5-15(12)21-14/h2-5,10,14H,6-9H2,1H3,(H2,17,18,20). The number of nitrogens with zero attached hydrogens (tertiary/aromatic N) is 1. The maximum atomic E-state index is 11.8. The first-order valence-electron chi connectivity index (χ1n) is 7.38. The molecule has 1 aliphatic heterocycles. The number of nitrogens with one attached hydrogen (secondary N) is 2. The Morgan fingerprint density at radius 2 is 2.27 bits per heavy atom. The van der Waals surface area contributed by atoms with Crippen molar-refractivity contribution in [1.29, 1.82) is 0 Å². The van der Waals surface area contributed by atoms with Crippen LogP contribution in [0.25, 0.3) is 0 Å². The van der Waals surface area contributed by atoms with E-state index in [1.54, 1.807) is 11.3 Å². The minimum absolute atomic E-state index is 0.0179. The van der Waals surface area contributed by atoms with Crippen LogP contribution in [-0.2, 0) is 12.8 Å². The third kappa shape index (κ3) is 3.76. The summed E-state index contributed by atoms with van der Waals surface area (Å²) < 4.78 is 5.78. The Bertz CT molecular complexity index is 631. The van der Waals surface area contributed by atoms with Gasteiger partial charge in [0.15, 0.2) is 0 Å². The van der Waals surface area contributed by atoms with Gasteiger partial charge in [0.2, 0.25) is 0 Å². The van der Waals surface area contributed by atoms with E-state index in [9.17, 15) is 4.79 Å². The molecule has 0 spiro atoms. The zero-order valence-electron chi connectivity index (χ0n) is 12.5. The zero-order valence-corrected chi connectivity index (χ0v) is 13.3. The number of thiazole rings is 1. The molecule has 1 atom stereocenters. The van der Waals surface area contributed by atoms with Crippen LogP contribution in [0.4, 0.5) is 4.79 Å².